The van der Waals surface area contributed by atoms with Gasteiger partial charge in [-0.25, -0.2) is 4.79 Å². The van der Waals surface area contributed by atoms with Gasteiger partial charge in [0.15, 0.2) is 0 Å². The van der Waals surface area contributed by atoms with Crippen molar-refractivity contribution in [1.29, 1.82) is 0 Å². The summed E-state index contributed by atoms with van der Waals surface area (Å²) in [5, 5.41) is 0.997. The Kier molecular flexibility index (Phi) is 5.47. The molecule has 0 aliphatic heterocycles. The van der Waals surface area contributed by atoms with Crippen LogP contribution in [0.2, 0.25) is 10.0 Å². The van der Waals surface area contributed by atoms with Gasteiger partial charge in [-0.15, -0.1) is 0 Å². The molecule has 3 rings (SSSR count). The largest absolute Gasteiger partial charge is 0.462 e. The minimum Gasteiger partial charge on any atom is -0.462 e. The number of ether oxygens (including phenoxy) is 1. The van der Waals surface area contributed by atoms with Crippen molar-refractivity contribution in [2.24, 2.45) is 0 Å². The van der Waals surface area contributed by atoms with Crippen LogP contribution in [0.25, 0.3) is 11.3 Å². The van der Waals surface area contributed by atoms with Crippen molar-refractivity contribution in [1.82, 2.24) is 4.98 Å². The first-order chi connectivity index (χ1) is 12.1. The summed E-state index contributed by atoms with van der Waals surface area (Å²) in [6.45, 7) is 2.11. The molecule has 0 amide bonds. The number of aromatic amines is 1. The highest BCUT2D eigenvalue weighted by Gasteiger charge is 2.21. The van der Waals surface area contributed by atoms with Crippen molar-refractivity contribution >= 4 is 29.2 Å². The van der Waals surface area contributed by atoms with Crippen LogP contribution in [0.3, 0.4) is 0 Å². The maximum Gasteiger partial charge on any atom is 0.340 e. The van der Waals surface area contributed by atoms with Gasteiger partial charge in [-0.3, -0.25) is 0 Å². The molecule has 5 heteroatoms. The van der Waals surface area contributed by atoms with E-state index >= 15 is 0 Å². The molecule has 0 aliphatic rings. The van der Waals surface area contributed by atoms with E-state index in [9.17, 15) is 4.79 Å². The topological polar surface area (TPSA) is 42.1 Å². The number of esters is 1. The zero-order chi connectivity index (χ0) is 17.8. The van der Waals surface area contributed by atoms with Crippen LogP contribution in [0.4, 0.5) is 0 Å². The Bertz CT molecular complexity index is 888. The van der Waals surface area contributed by atoms with Gasteiger partial charge in [-0.2, -0.15) is 0 Å². The second-order valence-corrected chi connectivity index (χ2v) is 6.33. The van der Waals surface area contributed by atoms with Crippen LogP contribution in [0, 0.1) is 0 Å². The summed E-state index contributed by atoms with van der Waals surface area (Å²) in [6, 6.07) is 15.2. The number of carbonyl (C=O) groups is 1. The molecule has 1 N–H and O–H groups in total. The summed E-state index contributed by atoms with van der Waals surface area (Å²) in [4.78, 5) is 15.8. The smallest absolute Gasteiger partial charge is 0.340 e. The number of nitrogens with one attached hydrogen (secondary N) is 1. The Morgan fingerprint density at radius 2 is 1.80 bits per heavy atom. The second kappa shape index (κ2) is 7.77. The van der Waals surface area contributed by atoms with Crippen LogP contribution in [-0.4, -0.2) is 17.6 Å². The maximum atomic E-state index is 12.6. The van der Waals surface area contributed by atoms with Gasteiger partial charge in [0.2, 0.25) is 0 Å². The zero-order valence-corrected chi connectivity index (χ0v) is 15.2. The lowest BCUT2D eigenvalue weighted by Crippen LogP contribution is -2.08. The van der Waals surface area contributed by atoms with Crippen LogP contribution in [0.15, 0.2) is 54.7 Å². The standard InChI is InChI=1S/C20H17Cl2NO2/c1-2-25-20(24)17-15(11-14-9-6-10-16(21)18(14)22)12-23-19(17)13-7-4-3-5-8-13/h3-10,12,23H,2,11H2,1H3. The van der Waals surface area contributed by atoms with Crippen LogP contribution in [-0.2, 0) is 11.2 Å². The van der Waals surface area contributed by atoms with E-state index < -0.39 is 0 Å². The third kappa shape index (κ3) is 3.73. The molecule has 0 fully saturated rings. The highest BCUT2D eigenvalue weighted by Crippen LogP contribution is 2.31. The molecule has 1 aromatic heterocycles. The number of aromatic nitrogens is 1. The van der Waals surface area contributed by atoms with Crippen LogP contribution in [0.1, 0.15) is 28.4 Å². The highest BCUT2D eigenvalue weighted by molar-refractivity contribution is 6.42. The lowest BCUT2D eigenvalue weighted by Gasteiger charge is -2.09. The van der Waals surface area contributed by atoms with Crippen molar-refractivity contribution in [2.45, 2.75) is 13.3 Å². The quantitative estimate of drug-likeness (QED) is 0.577. The molecule has 0 unspecified atom stereocenters. The molecule has 0 saturated carbocycles. The molecule has 0 spiro atoms. The van der Waals surface area contributed by atoms with Crippen molar-refractivity contribution < 1.29 is 9.53 Å². The van der Waals surface area contributed by atoms with Crippen LogP contribution < -0.4 is 0 Å². The minimum atomic E-state index is -0.351. The Morgan fingerprint density at radius 3 is 2.52 bits per heavy atom. The molecule has 128 valence electrons. The molecule has 1 heterocycles. The number of benzene rings is 2. The molecule has 0 saturated heterocycles. The maximum absolute atomic E-state index is 12.6. The van der Waals surface area contributed by atoms with Crippen molar-refractivity contribution in [2.75, 3.05) is 6.61 Å². The average Bonchev–Trinajstić information content (AvgIpc) is 3.04. The third-order valence-electron chi connectivity index (χ3n) is 3.92. The average molecular weight is 374 g/mol. The fourth-order valence-electron chi connectivity index (χ4n) is 2.76. The van der Waals surface area contributed by atoms with Gasteiger partial charge in [0.25, 0.3) is 0 Å². The predicted octanol–water partition coefficient (Wildman–Crippen LogP) is 5.76. The van der Waals surface area contributed by atoms with E-state index in [0.717, 1.165) is 22.4 Å². The Balaban J connectivity index is 2.06. The number of hydrogen-bond donors (Lipinski definition) is 1. The Hall–Kier alpha value is -2.23. The summed E-state index contributed by atoms with van der Waals surface area (Å²) in [5.74, 6) is -0.351. The minimum absolute atomic E-state index is 0.315. The van der Waals surface area contributed by atoms with Gasteiger partial charge in [0.1, 0.15) is 0 Å². The number of rotatable bonds is 5. The Morgan fingerprint density at radius 1 is 1.04 bits per heavy atom. The van der Waals surface area contributed by atoms with Gasteiger partial charge in [0.05, 0.1) is 27.9 Å². The van der Waals surface area contributed by atoms with Crippen molar-refractivity contribution in [3.05, 3.63) is 81.5 Å². The van der Waals surface area contributed by atoms with Crippen molar-refractivity contribution in [3.63, 3.8) is 0 Å². The third-order valence-corrected chi connectivity index (χ3v) is 4.77. The normalized spacial score (nSPS) is 10.7. The summed E-state index contributed by atoms with van der Waals surface area (Å²) in [7, 11) is 0. The molecule has 0 radical (unpaired) electrons. The van der Waals surface area contributed by atoms with Crippen LogP contribution >= 0.6 is 23.2 Å². The summed E-state index contributed by atoms with van der Waals surface area (Å²) in [5.41, 5.74) is 3.88. The molecule has 0 atom stereocenters. The monoisotopic (exact) mass is 373 g/mol. The zero-order valence-electron chi connectivity index (χ0n) is 13.7. The van der Waals surface area contributed by atoms with E-state index in [1.54, 1.807) is 13.0 Å². The first-order valence-electron chi connectivity index (χ1n) is 7.97. The van der Waals surface area contributed by atoms with Gasteiger partial charge in [-0.05, 0) is 29.7 Å². The molecule has 25 heavy (non-hydrogen) atoms. The first-order valence-corrected chi connectivity index (χ1v) is 8.73. The van der Waals surface area contributed by atoms with E-state index in [2.05, 4.69) is 4.98 Å². The fourth-order valence-corrected chi connectivity index (χ4v) is 3.15. The number of H-pyrrole nitrogens is 1. The molecule has 3 nitrogen and oxygen atoms in total. The highest BCUT2D eigenvalue weighted by atomic mass is 35.5. The predicted molar refractivity (Wildman–Crippen MR) is 101 cm³/mol. The van der Waals surface area contributed by atoms with E-state index in [-0.39, 0.29) is 5.97 Å². The van der Waals surface area contributed by atoms with Gasteiger partial charge in [0, 0.05) is 12.6 Å². The van der Waals surface area contributed by atoms with E-state index in [0.29, 0.717) is 28.6 Å². The number of hydrogen-bond acceptors (Lipinski definition) is 2. The van der Waals surface area contributed by atoms with Gasteiger partial charge in [-0.1, -0.05) is 65.7 Å². The number of carbonyl (C=O) groups excluding carboxylic acids is 1. The lowest BCUT2D eigenvalue weighted by molar-refractivity contribution is 0.0526. The lowest BCUT2D eigenvalue weighted by atomic mass is 10.00. The molecule has 2 aromatic carbocycles. The summed E-state index contributed by atoms with van der Waals surface area (Å²) < 4.78 is 5.26. The van der Waals surface area contributed by atoms with E-state index in [1.807, 2.05) is 48.7 Å². The second-order valence-electron chi connectivity index (χ2n) is 5.54. The van der Waals surface area contributed by atoms with E-state index in [4.69, 9.17) is 27.9 Å². The molecular weight excluding hydrogens is 357 g/mol. The van der Waals surface area contributed by atoms with Gasteiger partial charge < -0.3 is 9.72 Å². The molecule has 3 aromatic rings. The molecule has 0 aliphatic carbocycles. The summed E-state index contributed by atoms with van der Waals surface area (Å²) >= 11 is 12.4. The van der Waals surface area contributed by atoms with Crippen molar-refractivity contribution in [3.8, 4) is 11.3 Å². The number of halogens is 2. The molecule has 0 bridgehead atoms. The SMILES string of the molecule is CCOC(=O)c1c(Cc2cccc(Cl)c2Cl)c[nH]c1-c1ccccc1. The summed E-state index contributed by atoms with van der Waals surface area (Å²) in [6.07, 6.45) is 2.31. The van der Waals surface area contributed by atoms with Crippen LogP contribution in [0.5, 0.6) is 0 Å². The van der Waals surface area contributed by atoms with Gasteiger partial charge >= 0.3 is 5.97 Å². The molecular formula is C20H17Cl2NO2. The first kappa shape index (κ1) is 17.6. The van der Waals surface area contributed by atoms with E-state index in [1.165, 1.54) is 0 Å². The Labute approximate surface area is 156 Å². The fraction of sp³-hybridized carbons (Fsp3) is 0.150.